The van der Waals surface area contributed by atoms with Crippen LogP contribution in [0.3, 0.4) is 0 Å². The van der Waals surface area contributed by atoms with Gasteiger partial charge in [-0.25, -0.2) is 0 Å². The molecule has 1 heteroatoms. The van der Waals surface area contributed by atoms with Crippen LogP contribution in [0, 0.1) is 28.6 Å². The molecule has 0 radical (unpaired) electrons. The number of hydrogen-bond acceptors (Lipinski definition) is 1. The Labute approximate surface area is 101 Å². The highest BCUT2D eigenvalue weighted by Crippen LogP contribution is 2.32. The van der Waals surface area contributed by atoms with E-state index < -0.39 is 0 Å². The third-order valence-electron chi connectivity index (χ3n) is 3.57. The van der Waals surface area contributed by atoms with Crippen molar-refractivity contribution in [3.63, 3.8) is 0 Å². The first-order valence-corrected chi connectivity index (χ1v) is 6.17. The summed E-state index contributed by atoms with van der Waals surface area (Å²) >= 11 is 0. The molecule has 0 aliphatic rings. The van der Waals surface area contributed by atoms with Gasteiger partial charge in [0, 0.05) is 5.92 Å². The summed E-state index contributed by atoms with van der Waals surface area (Å²) in [6.45, 7) is 14.1. The molecule has 0 spiro atoms. The number of hydrogen-bond donors (Lipinski definition) is 0. The normalized spacial score (nSPS) is 17.9. The Morgan fingerprint density at radius 1 is 1.38 bits per heavy atom. The molecule has 0 aromatic carbocycles. The van der Waals surface area contributed by atoms with Gasteiger partial charge in [0.15, 0.2) is 0 Å². The zero-order chi connectivity index (χ0) is 12.6. The van der Waals surface area contributed by atoms with Gasteiger partial charge in [-0.2, -0.15) is 5.26 Å². The van der Waals surface area contributed by atoms with E-state index >= 15 is 0 Å². The van der Waals surface area contributed by atoms with Crippen LogP contribution < -0.4 is 0 Å². The van der Waals surface area contributed by atoms with Gasteiger partial charge in [-0.05, 0) is 37.0 Å². The van der Waals surface area contributed by atoms with Gasteiger partial charge in [-0.3, -0.25) is 0 Å². The minimum Gasteiger partial charge on any atom is -0.198 e. The van der Waals surface area contributed by atoms with E-state index in [1.54, 1.807) is 0 Å². The Hall–Kier alpha value is -1.03. The molecule has 16 heavy (non-hydrogen) atoms. The predicted molar refractivity (Wildman–Crippen MR) is 70.9 cm³/mol. The maximum atomic E-state index is 9.16. The molecule has 0 aromatic rings. The molecule has 0 rings (SSSR count). The highest BCUT2D eigenvalue weighted by molar-refractivity contribution is 4.97. The van der Waals surface area contributed by atoms with Gasteiger partial charge in [0.05, 0.1) is 6.07 Å². The Morgan fingerprint density at radius 2 is 2.00 bits per heavy atom. The molecule has 0 aromatic heterocycles. The van der Waals surface area contributed by atoms with Crippen molar-refractivity contribution in [3.05, 3.63) is 25.3 Å². The summed E-state index contributed by atoms with van der Waals surface area (Å²) < 4.78 is 0. The standard InChI is InChI=1S/C15H25N/c1-6-13(4)9-10-14(12-16)11-15(5,7-2)8-3/h6-7,13-14H,1-2,8-11H2,3-5H3/t13?,14-,15+/m0/s1. The van der Waals surface area contributed by atoms with Gasteiger partial charge in [0.1, 0.15) is 0 Å². The molecule has 0 aliphatic carbocycles. The first-order chi connectivity index (χ1) is 7.51. The number of rotatable bonds is 8. The molecule has 0 saturated heterocycles. The molecule has 0 aliphatic heterocycles. The lowest BCUT2D eigenvalue weighted by Gasteiger charge is -2.26. The molecule has 1 nitrogen and oxygen atoms in total. The highest BCUT2D eigenvalue weighted by Gasteiger charge is 2.23. The first-order valence-electron chi connectivity index (χ1n) is 6.17. The monoisotopic (exact) mass is 219 g/mol. The topological polar surface area (TPSA) is 23.8 Å². The molecular weight excluding hydrogens is 194 g/mol. The lowest BCUT2D eigenvalue weighted by molar-refractivity contribution is 0.315. The van der Waals surface area contributed by atoms with E-state index in [9.17, 15) is 0 Å². The summed E-state index contributed by atoms with van der Waals surface area (Å²) in [6.07, 6.45) is 7.94. The van der Waals surface area contributed by atoms with Gasteiger partial charge in [-0.15, -0.1) is 13.2 Å². The number of allylic oxidation sites excluding steroid dienone is 2. The summed E-state index contributed by atoms with van der Waals surface area (Å²) in [5.74, 6) is 0.651. The van der Waals surface area contributed by atoms with Gasteiger partial charge < -0.3 is 0 Å². The third kappa shape index (κ3) is 5.16. The van der Waals surface area contributed by atoms with Crippen LogP contribution in [-0.4, -0.2) is 0 Å². The Balaban J connectivity index is 4.26. The van der Waals surface area contributed by atoms with E-state index in [-0.39, 0.29) is 11.3 Å². The van der Waals surface area contributed by atoms with Crippen LogP contribution in [0.2, 0.25) is 0 Å². The Bertz CT molecular complexity index is 261. The second-order valence-corrected chi connectivity index (χ2v) is 5.03. The Kier molecular flexibility index (Phi) is 6.81. The van der Waals surface area contributed by atoms with Crippen molar-refractivity contribution < 1.29 is 0 Å². The highest BCUT2D eigenvalue weighted by atomic mass is 14.3. The van der Waals surface area contributed by atoms with Crippen LogP contribution >= 0.6 is 0 Å². The quantitative estimate of drug-likeness (QED) is 0.542. The Morgan fingerprint density at radius 3 is 2.38 bits per heavy atom. The molecule has 0 heterocycles. The lowest BCUT2D eigenvalue weighted by atomic mass is 9.77. The van der Waals surface area contributed by atoms with Gasteiger partial charge in [-0.1, -0.05) is 32.9 Å². The molecule has 0 amide bonds. The second-order valence-electron chi connectivity index (χ2n) is 5.03. The maximum absolute atomic E-state index is 9.16. The molecule has 0 N–H and O–H groups in total. The van der Waals surface area contributed by atoms with Crippen LogP contribution in [0.15, 0.2) is 25.3 Å². The van der Waals surface area contributed by atoms with Crippen LogP contribution in [0.5, 0.6) is 0 Å². The van der Waals surface area contributed by atoms with Crippen molar-refractivity contribution in [2.24, 2.45) is 17.3 Å². The average Bonchev–Trinajstić information content (AvgIpc) is 2.33. The summed E-state index contributed by atoms with van der Waals surface area (Å²) in [6, 6.07) is 2.42. The fourth-order valence-electron chi connectivity index (χ4n) is 1.73. The fraction of sp³-hybridized carbons (Fsp3) is 0.667. The zero-order valence-corrected chi connectivity index (χ0v) is 11.0. The van der Waals surface area contributed by atoms with E-state index in [0.29, 0.717) is 5.92 Å². The average molecular weight is 219 g/mol. The smallest absolute Gasteiger partial charge is 0.0656 e. The summed E-state index contributed by atoms with van der Waals surface area (Å²) in [7, 11) is 0. The van der Waals surface area contributed by atoms with Crippen LogP contribution in [0.25, 0.3) is 0 Å². The third-order valence-corrected chi connectivity index (χ3v) is 3.57. The zero-order valence-electron chi connectivity index (χ0n) is 11.0. The van der Waals surface area contributed by atoms with Crippen molar-refractivity contribution >= 4 is 0 Å². The van der Waals surface area contributed by atoms with Crippen LogP contribution in [0.4, 0.5) is 0 Å². The van der Waals surface area contributed by atoms with E-state index in [0.717, 1.165) is 25.7 Å². The van der Waals surface area contributed by atoms with Crippen molar-refractivity contribution in [1.29, 1.82) is 5.26 Å². The predicted octanol–water partition coefficient (Wildman–Crippen LogP) is 4.72. The molecule has 3 atom stereocenters. The summed E-state index contributed by atoms with van der Waals surface area (Å²) in [5.41, 5.74) is 0.109. The maximum Gasteiger partial charge on any atom is 0.0656 e. The van der Waals surface area contributed by atoms with Crippen molar-refractivity contribution in [2.45, 2.75) is 46.5 Å². The van der Waals surface area contributed by atoms with Gasteiger partial charge >= 0.3 is 0 Å². The SMILES string of the molecule is C=CC(C)CC[C@H](C#N)C[C@](C)(C=C)CC. The second kappa shape index (κ2) is 7.28. The number of nitrogens with zero attached hydrogens (tertiary/aromatic N) is 1. The van der Waals surface area contributed by atoms with Crippen molar-refractivity contribution in [3.8, 4) is 6.07 Å². The molecular formula is C15H25N. The number of nitriles is 1. The molecule has 1 unspecified atom stereocenters. The molecule has 0 saturated carbocycles. The molecule has 0 bridgehead atoms. The van der Waals surface area contributed by atoms with Crippen molar-refractivity contribution in [2.75, 3.05) is 0 Å². The summed E-state index contributed by atoms with van der Waals surface area (Å²) in [4.78, 5) is 0. The van der Waals surface area contributed by atoms with E-state index in [1.165, 1.54) is 0 Å². The van der Waals surface area contributed by atoms with E-state index in [4.69, 9.17) is 5.26 Å². The van der Waals surface area contributed by atoms with Gasteiger partial charge in [0.25, 0.3) is 0 Å². The summed E-state index contributed by atoms with van der Waals surface area (Å²) in [5, 5.41) is 9.16. The minimum atomic E-state index is 0.109. The van der Waals surface area contributed by atoms with Gasteiger partial charge in [0.2, 0.25) is 0 Å². The largest absolute Gasteiger partial charge is 0.198 e. The fourth-order valence-corrected chi connectivity index (χ4v) is 1.73. The van der Waals surface area contributed by atoms with Crippen molar-refractivity contribution in [1.82, 2.24) is 0 Å². The molecule has 90 valence electrons. The lowest BCUT2D eigenvalue weighted by Crippen LogP contribution is -2.17. The van der Waals surface area contributed by atoms with E-state index in [1.807, 2.05) is 12.2 Å². The van der Waals surface area contributed by atoms with E-state index in [2.05, 4.69) is 40.0 Å². The van der Waals surface area contributed by atoms with Crippen LogP contribution in [0.1, 0.15) is 46.5 Å². The van der Waals surface area contributed by atoms with Crippen LogP contribution in [-0.2, 0) is 0 Å². The minimum absolute atomic E-state index is 0.109. The molecule has 0 fully saturated rings. The first kappa shape index (κ1) is 15.0.